The summed E-state index contributed by atoms with van der Waals surface area (Å²) >= 11 is 0. The van der Waals surface area contributed by atoms with Crippen LogP contribution in [0.15, 0.2) is 18.2 Å². The van der Waals surface area contributed by atoms with Gasteiger partial charge in [0.25, 0.3) is 0 Å². The van der Waals surface area contributed by atoms with E-state index in [4.69, 9.17) is 5.73 Å². The lowest BCUT2D eigenvalue weighted by Crippen LogP contribution is -2.51. The monoisotopic (exact) mass is 297 g/mol. The summed E-state index contributed by atoms with van der Waals surface area (Å²) in [5.41, 5.74) is 3.94. The second-order valence-electron chi connectivity index (χ2n) is 6.53. The molecule has 2 rings (SSSR count). The van der Waals surface area contributed by atoms with Gasteiger partial charge in [0, 0.05) is 17.5 Å². The summed E-state index contributed by atoms with van der Waals surface area (Å²) in [6, 6.07) is 3.97. The predicted molar refractivity (Wildman–Crippen MR) is 79.7 cm³/mol. The van der Waals surface area contributed by atoms with Crippen LogP contribution >= 0.6 is 0 Å². The van der Waals surface area contributed by atoms with Gasteiger partial charge in [-0.2, -0.15) is 0 Å². The van der Waals surface area contributed by atoms with Crippen molar-refractivity contribution >= 4 is 0 Å². The van der Waals surface area contributed by atoms with Crippen LogP contribution in [0.5, 0.6) is 0 Å². The second-order valence-corrected chi connectivity index (χ2v) is 6.53. The summed E-state index contributed by atoms with van der Waals surface area (Å²) in [5.74, 6) is -1.41. The van der Waals surface area contributed by atoms with Gasteiger partial charge in [-0.25, -0.2) is 8.78 Å². The van der Waals surface area contributed by atoms with E-state index in [9.17, 15) is 13.9 Å². The van der Waals surface area contributed by atoms with Crippen LogP contribution in [0.3, 0.4) is 0 Å². The number of aliphatic hydroxyl groups is 1. The van der Waals surface area contributed by atoms with Gasteiger partial charge < -0.3 is 10.8 Å². The Hall–Kier alpha value is -1.00. The summed E-state index contributed by atoms with van der Waals surface area (Å²) in [6.45, 7) is 3.97. The van der Waals surface area contributed by atoms with Crippen LogP contribution in [0.1, 0.15) is 51.5 Å². The zero-order valence-electron chi connectivity index (χ0n) is 12.8. The molecule has 0 bridgehead atoms. The third-order valence-corrected chi connectivity index (χ3v) is 5.42. The molecule has 1 aromatic rings. The summed E-state index contributed by atoms with van der Waals surface area (Å²) in [6.07, 6.45) is 4.58. The molecule has 3 unspecified atom stereocenters. The minimum absolute atomic E-state index is 0.0182. The highest BCUT2D eigenvalue weighted by Crippen LogP contribution is 2.51. The summed E-state index contributed by atoms with van der Waals surface area (Å²) in [5, 5.41) is 11.1. The molecule has 0 saturated heterocycles. The molecule has 118 valence electrons. The smallest absolute Gasteiger partial charge is 0.164 e. The van der Waals surface area contributed by atoms with E-state index in [0.717, 1.165) is 38.2 Å². The standard InChI is InChI=1S/C17H25F2NO/c1-3-12-6-5-9-17(10-12,11-20)16(2,21)13-7-4-8-14(18)15(13)19/h4,7-8,12,21H,3,5-6,9-11,20H2,1-2H3. The Bertz CT molecular complexity index is 504. The molecule has 1 aliphatic carbocycles. The van der Waals surface area contributed by atoms with Gasteiger partial charge in [-0.15, -0.1) is 0 Å². The van der Waals surface area contributed by atoms with Crippen molar-refractivity contribution in [1.29, 1.82) is 0 Å². The van der Waals surface area contributed by atoms with Crippen molar-refractivity contribution in [3.8, 4) is 0 Å². The van der Waals surface area contributed by atoms with Crippen LogP contribution in [0.2, 0.25) is 0 Å². The van der Waals surface area contributed by atoms with Gasteiger partial charge in [-0.1, -0.05) is 38.3 Å². The van der Waals surface area contributed by atoms with Gasteiger partial charge in [-0.05, 0) is 31.7 Å². The Balaban J connectivity index is 2.46. The van der Waals surface area contributed by atoms with Gasteiger partial charge >= 0.3 is 0 Å². The molecule has 3 N–H and O–H groups in total. The van der Waals surface area contributed by atoms with E-state index in [2.05, 4.69) is 6.92 Å². The maximum absolute atomic E-state index is 14.2. The van der Waals surface area contributed by atoms with Gasteiger partial charge in [0.1, 0.15) is 0 Å². The first-order chi connectivity index (χ1) is 9.88. The van der Waals surface area contributed by atoms with Crippen molar-refractivity contribution in [3.63, 3.8) is 0 Å². The van der Waals surface area contributed by atoms with Gasteiger partial charge in [0.15, 0.2) is 11.6 Å². The molecule has 0 aliphatic heterocycles. The molecule has 1 aromatic carbocycles. The minimum atomic E-state index is -1.47. The van der Waals surface area contributed by atoms with Crippen molar-refractivity contribution < 1.29 is 13.9 Å². The summed E-state index contributed by atoms with van der Waals surface area (Å²) < 4.78 is 27.7. The van der Waals surface area contributed by atoms with Crippen LogP contribution in [-0.4, -0.2) is 11.7 Å². The summed E-state index contributed by atoms with van der Waals surface area (Å²) in [4.78, 5) is 0. The molecule has 0 spiro atoms. The molecular formula is C17H25F2NO. The first-order valence-electron chi connectivity index (χ1n) is 7.75. The Labute approximate surface area is 125 Å². The zero-order valence-corrected chi connectivity index (χ0v) is 12.8. The first-order valence-corrected chi connectivity index (χ1v) is 7.75. The van der Waals surface area contributed by atoms with E-state index < -0.39 is 22.7 Å². The Kier molecular flexibility index (Phi) is 4.69. The molecule has 1 fully saturated rings. The van der Waals surface area contributed by atoms with Crippen LogP contribution in [0.25, 0.3) is 0 Å². The molecule has 4 heteroatoms. The highest BCUT2D eigenvalue weighted by Gasteiger charge is 2.50. The first kappa shape index (κ1) is 16.4. The highest BCUT2D eigenvalue weighted by atomic mass is 19.2. The average Bonchev–Trinajstić information content (AvgIpc) is 2.49. The van der Waals surface area contributed by atoms with Crippen molar-refractivity contribution in [2.75, 3.05) is 6.54 Å². The Morgan fingerprint density at radius 1 is 1.43 bits per heavy atom. The largest absolute Gasteiger partial charge is 0.385 e. The fraction of sp³-hybridized carbons (Fsp3) is 0.647. The van der Waals surface area contributed by atoms with Crippen LogP contribution in [0.4, 0.5) is 8.78 Å². The molecule has 0 heterocycles. The fourth-order valence-electron chi connectivity index (χ4n) is 3.83. The minimum Gasteiger partial charge on any atom is -0.385 e. The van der Waals surface area contributed by atoms with Gasteiger partial charge in [-0.3, -0.25) is 0 Å². The lowest BCUT2D eigenvalue weighted by Gasteiger charge is -2.49. The lowest BCUT2D eigenvalue weighted by atomic mass is 9.59. The van der Waals surface area contributed by atoms with Crippen LogP contribution in [-0.2, 0) is 5.60 Å². The van der Waals surface area contributed by atoms with E-state index >= 15 is 0 Å². The molecule has 1 saturated carbocycles. The number of benzene rings is 1. The highest BCUT2D eigenvalue weighted by molar-refractivity contribution is 5.28. The van der Waals surface area contributed by atoms with Crippen molar-refractivity contribution in [2.45, 2.75) is 51.6 Å². The second kappa shape index (κ2) is 6.01. The van der Waals surface area contributed by atoms with Gasteiger partial charge in [0.05, 0.1) is 5.60 Å². The van der Waals surface area contributed by atoms with E-state index in [1.54, 1.807) is 6.92 Å². The topological polar surface area (TPSA) is 46.2 Å². The quantitative estimate of drug-likeness (QED) is 0.889. The molecule has 0 aromatic heterocycles. The van der Waals surface area contributed by atoms with Crippen LogP contribution < -0.4 is 5.73 Å². The summed E-state index contributed by atoms with van der Waals surface area (Å²) in [7, 11) is 0. The third-order valence-electron chi connectivity index (χ3n) is 5.42. The average molecular weight is 297 g/mol. The fourth-order valence-corrected chi connectivity index (χ4v) is 3.83. The number of nitrogens with two attached hydrogens (primary N) is 1. The zero-order chi connectivity index (χ0) is 15.7. The molecular weight excluding hydrogens is 272 g/mol. The predicted octanol–water partition coefficient (Wildman–Crippen LogP) is 3.72. The van der Waals surface area contributed by atoms with Crippen LogP contribution in [0, 0.1) is 23.0 Å². The van der Waals surface area contributed by atoms with E-state index in [0.29, 0.717) is 5.92 Å². The number of rotatable bonds is 4. The lowest BCUT2D eigenvalue weighted by molar-refractivity contribution is -0.105. The number of hydrogen-bond acceptors (Lipinski definition) is 2. The van der Waals surface area contributed by atoms with Crippen molar-refractivity contribution in [2.24, 2.45) is 17.1 Å². The normalized spacial score (nSPS) is 29.1. The van der Waals surface area contributed by atoms with Crippen molar-refractivity contribution in [3.05, 3.63) is 35.4 Å². The third kappa shape index (κ3) is 2.71. The van der Waals surface area contributed by atoms with Crippen molar-refractivity contribution in [1.82, 2.24) is 0 Å². The molecule has 2 nitrogen and oxygen atoms in total. The SMILES string of the molecule is CCC1CCCC(CN)(C(C)(O)c2cccc(F)c2F)C1. The van der Waals surface area contributed by atoms with E-state index in [-0.39, 0.29) is 12.1 Å². The van der Waals surface area contributed by atoms with E-state index in [1.165, 1.54) is 12.1 Å². The molecule has 1 aliphatic rings. The van der Waals surface area contributed by atoms with E-state index in [1.807, 2.05) is 0 Å². The van der Waals surface area contributed by atoms with Gasteiger partial charge in [0.2, 0.25) is 0 Å². The molecule has 0 amide bonds. The number of halogens is 2. The Morgan fingerprint density at radius 2 is 2.14 bits per heavy atom. The molecule has 0 radical (unpaired) electrons. The number of hydrogen-bond donors (Lipinski definition) is 2. The maximum atomic E-state index is 14.2. The molecule has 3 atom stereocenters. The molecule has 21 heavy (non-hydrogen) atoms. The Morgan fingerprint density at radius 3 is 2.76 bits per heavy atom. The maximum Gasteiger partial charge on any atom is 0.164 e.